The molecule has 2 N–H and O–H groups in total. The first-order valence-electron chi connectivity index (χ1n) is 6.96. The standard InChI is InChI=1S/C15H23N3S/c1-3-18-9-8-17(10-12(18)2)11-13-6-4-5-7-14(13)15(16)19/h4-7,12H,3,8-11H2,1-2H3,(H2,16,19). The van der Waals surface area contributed by atoms with E-state index in [0.717, 1.165) is 38.3 Å². The Hall–Kier alpha value is -0.970. The van der Waals surface area contributed by atoms with Gasteiger partial charge in [0.1, 0.15) is 4.99 Å². The summed E-state index contributed by atoms with van der Waals surface area (Å²) in [4.78, 5) is 5.51. The Morgan fingerprint density at radius 3 is 2.74 bits per heavy atom. The van der Waals surface area contributed by atoms with E-state index >= 15 is 0 Å². The zero-order chi connectivity index (χ0) is 13.8. The van der Waals surface area contributed by atoms with Crippen molar-refractivity contribution in [1.29, 1.82) is 0 Å². The molecule has 1 aliphatic rings. The average Bonchev–Trinajstić information content (AvgIpc) is 2.39. The van der Waals surface area contributed by atoms with Gasteiger partial charge in [-0.1, -0.05) is 43.4 Å². The lowest BCUT2D eigenvalue weighted by Gasteiger charge is -2.39. The molecule has 1 unspecified atom stereocenters. The molecule has 1 aromatic rings. The second-order valence-corrected chi connectivity index (χ2v) is 5.67. The van der Waals surface area contributed by atoms with Crippen molar-refractivity contribution in [2.45, 2.75) is 26.4 Å². The van der Waals surface area contributed by atoms with Gasteiger partial charge in [0.2, 0.25) is 0 Å². The van der Waals surface area contributed by atoms with Gasteiger partial charge in [-0.15, -0.1) is 0 Å². The zero-order valence-corrected chi connectivity index (χ0v) is 12.6. The van der Waals surface area contributed by atoms with Gasteiger partial charge >= 0.3 is 0 Å². The van der Waals surface area contributed by atoms with Crippen molar-refractivity contribution >= 4 is 17.2 Å². The Labute approximate surface area is 121 Å². The van der Waals surface area contributed by atoms with Gasteiger partial charge in [-0.3, -0.25) is 9.80 Å². The van der Waals surface area contributed by atoms with Gasteiger partial charge < -0.3 is 5.73 Å². The minimum atomic E-state index is 0.496. The summed E-state index contributed by atoms with van der Waals surface area (Å²) in [5, 5.41) is 0. The van der Waals surface area contributed by atoms with Gasteiger partial charge in [0.25, 0.3) is 0 Å². The summed E-state index contributed by atoms with van der Waals surface area (Å²) >= 11 is 5.13. The van der Waals surface area contributed by atoms with Crippen LogP contribution < -0.4 is 5.73 Å². The molecule has 3 nitrogen and oxygen atoms in total. The molecule has 2 rings (SSSR count). The molecule has 1 fully saturated rings. The maximum absolute atomic E-state index is 5.80. The molecule has 0 aromatic heterocycles. The minimum Gasteiger partial charge on any atom is -0.389 e. The number of rotatable bonds is 4. The van der Waals surface area contributed by atoms with Crippen molar-refractivity contribution in [3.05, 3.63) is 35.4 Å². The van der Waals surface area contributed by atoms with Crippen LogP contribution in [0.25, 0.3) is 0 Å². The van der Waals surface area contributed by atoms with Crippen molar-refractivity contribution in [3.8, 4) is 0 Å². The fourth-order valence-electron chi connectivity index (χ4n) is 2.82. The van der Waals surface area contributed by atoms with Crippen molar-refractivity contribution < 1.29 is 0 Å². The predicted octanol–water partition coefficient (Wildman–Crippen LogP) is 1.85. The number of piperazine rings is 1. The van der Waals surface area contributed by atoms with Gasteiger partial charge in [0.05, 0.1) is 0 Å². The largest absolute Gasteiger partial charge is 0.389 e. The average molecular weight is 277 g/mol. The molecule has 1 atom stereocenters. The van der Waals surface area contributed by atoms with E-state index in [2.05, 4.69) is 35.8 Å². The number of benzene rings is 1. The van der Waals surface area contributed by atoms with E-state index in [-0.39, 0.29) is 0 Å². The first-order chi connectivity index (χ1) is 9.11. The fraction of sp³-hybridized carbons (Fsp3) is 0.533. The van der Waals surface area contributed by atoms with Crippen LogP contribution in [-0.4, -0.2) is 47.0 Å². The van der Waals surface area contributed by atoms with Gasteiger partial charge in [-0.05, 0) is 19.0 Å². The molecular formula is C15H23N3S. The Morgan fingerprint density at radius 2 is 2.11 bits per heavy atom. The molecule has 0 saturated carbocycles. The van der Waals surface area contributed by atoms with E-state index in [1.54, 1.807) is 0 Å². The predicted molar refractivity (Wildman–Crippen MR) is 84.3 cm³/mol. The molecule has 0 bridgehead atoms. The monoisotopic (exact) mass is 277 g/mol. The van der Waals surface area contributed by atoms with Crippen LogP contribution in [0.2, 0.25) is 0 Å². The maximum Gasteiger partial charge on any atom is 0.104 e. The highest BCUT2D eigenvalue weighted by molar-refractivity contribution is 7.80. The molecule has 19 heavy (non-hydrogen) atoms. The van der Waals surface area contributed by atoms with E-state index in [4.69, 9.17) is 18.0 Å². The number of nitrogens with two attached hydrogens (primary N) is 1. The third-order valence-electron chi connectivity index (χ3n) is 3.93. The smallest absolute Gasteiger partial charge is 0.104 e. The van der Waals surface area contributed by atoms with Crippen LogP contribution in [-0.2, 0) is 6.54 Å². The third kappa shape index (κ3) is 3.53. The zero-order valence-electron chi connectivity index (χ0n) is 11.8. The summed E-state index contributed by atoms with van der Waals surface area (Å²) in [6, 6.07) is 8.82. The maximum atomic E-state index is 5.80. The van der Waals surface area contributed by atoms with Crippen molar-refractivity contribution in [3.63, 3.8) is 0 Å². The van der Waals surface area contributed by atoms with Crippen LogP contribution in [0, 0.1) is 0 Å². The van der Waals surface area contributed by atoms with Gasteiger partial charge in [0, 0.05) is 37.8 Å². The van der Waals surface area contributed by atoms with E-state index in [9.17, 15) is 0 Å². The summed E-state index contributed by atoms with van der Waals surface area (Å²) in [6.45, 7) is 9.98. The Morgan fingerprint density at radius 1 is 1.37 bits per heavy atom. The minimum absolute atomic E-state index is 0.496. The molecular weight excluding hydrogens is 254 g/mol. The summed E-state index contributed by atoms with van der Waals surface area (Å²) in [6.07, 6.45) is 0. The normalized spacial score (nSPS) is 21.5. The molecule has 0 aliphatic carbocycles. The lowest BCUT2D eigenvalue weighted by atomic mass is 10.1. The summed E-state index contributed by atoms with van der Waals surface area (Å²) in [7, 11) is 0. The SMILES string of the molecule is CCN1CCN(Cc2ccccc2C(N)=S)CC1C. The molecule has 1 aliphatic heterocycles. The Kier molecular flexibility index (Phi) is 4.91. The molecule has 4 heteroatoms. The number of hydrogen-bond donors (Lipinski definition) is 1. The van der Waals surface area contributed by atoms with E-state index in [0.29, 0.717) is 11.0 Å². The highest BCUT2D eigenvalue weighted by Crippen LogP contribution is 2.15. The fourth-order valence-corrected chi connectivity index (χ4v) is 3.02. The second-order valence-electron chi connectivity index (χ2n) is 5.23. The lowest BCUT2D eigenvalue weighted by molar-refractivity contribution is 0.0834. The molecule has 1 heterocycles. The molecule has 104 valence electrons. The third-order valence-corrected chi connectivity index (χ3v) is 4.15. The van der Waals surface area contributed by atoms with Gasteiger partial charge in [-0.25, -0.2) is 0 Å². The van der Waals surface area contributed by atoms with E-state index < -0.39 is 0 Å². The number of thiocarbonyl (C=S) groups is 1. The summed E-state index contributed by atoms with van der Waals surface area (Å²) in [5.41, 5.74) is 8.05. The highest BCUT2D eigenvalue weighted by Gasteiger charge is 2.22. The Bertz CT molecular complexity index is 447. The molecule has 1 saturated heterocycles. The summed E-state index contributed by atoms with van der Waals surface area (Å²) < 4.78 is 0. The molecule has 0 amide bonds. The van der Waals surface area contributed by atoms with Crippen molar-refractivity contribution in [2.24, 2.45) is 5.73 Å². The van der Waals surface area contributed by atoms with Crippen molar-refractivity contribution in [1.82, 2.24) is 9.80 Å². The molecule has 1 aromatic carbocycles. The van der Waals surface area contributed by atoms with Crippen LogP contribution in [0.4, 0.5) is 0 Å². The van der Waals surface area contributed by atoms with E-state index in [1.165, 1.54) is 5.56 Å². The lowest BCUT2D eigenvalue weighted by Crippen LogP contribution is -2.51. The number of nitrogens with zero attached hydrogens (tertiary/aromatic N) is 2. The second kappa shape index (κ2) is 6.46. The van der Waals surface area contributed by atoms with Crippen LogP contribution in [0.3, 0.4) is 0 Å². The van der Waals surface area contributed by atoms with Crippen LogP contribution in [0.1, 0.15) is 25.0 Å². The topological polar surface area (TPSA) is 32.5 Å². The van der Waals surface area contributed by atoms with E-state index in [1.807, 2.05) is 12.1 Å². The number of hydrogen-bond acceptors (Lipinski definition) is 3. The molecule has 0 radical (unpaired) electrons. The Balaban J connectivity index is 2.04. The number of likely N-dealkylation sites (N-methyl/N-ethyl adjacent to an activating group) is 1. The highest BCUT2D eigenvalue weighted by atomic mass is 32.1. The van der Waals surface area contributed by atoms with Crippen LogP contribution in [0.5, 0.6) is 0 Å². The quantitative estimate of drug-likeness (QED) is 0.851. The molecule has 0 spiro atoms. The van der Waals surface area contributed by atoms with Crippen LogP contribution in [0.15, 0.2) is 24.3 Å². The first-order valence-corrected chi connectivity index (χ1v) is 7.36. The van der Waals surface area contributed by atoms with Crippen LogP contribution >= 0.6 is 12.2 Å². The first kappa shape index (κ1) is 14.4. The summed E-state index contributed by atoms with van der Waals surface area (Å²) in [5.74, 6) is 0. The van der Waals surface area contributed by atoms with Gasteiger partial charge in [-0.2, -0.15) is 0 Å². The van der Waals surface area contributed by atoms with Gasteiger partial charge in [0.15, 0.2) is 0 Å². The van der Waals surface area contributed by atoms with Crippen molar-refractivity contribution in [2.75, 3.05) is 26.2 Å².